The second kappa shape index (κ2) is 5.17. The molecule has 0 bridgehead atoms. The number of rotatable bonds is 3. The monoisotopic (exact) mass is 268 g/mol. The summed E-state index contributed by atoms with van der Waals surface area (Å²) in [4.78, 5) is 4.33. The third kappa shape index (κ3) is 2.28. The Balaban J connectivity index is 2.01. The number of pyridine rings is 1. The summed E-state index contributed by atoms with van der Waals surface area (Å²) in [6.45, 7) is 0. The van der Waals surface area contributed by atoms with Crippen molar-refractivity contribution < 1.29 is 9.13 Å². The highest BCUT2D eigenvalue weighted by atomic mass is 19.1. The molecule has 100 valence electrons. The molecule has 3 rings (SSSR count). The van der Waals surface area contributed by atoms with Gasteiger partial charge in [-0.15, -0.1) is 0 Å². The highest BCUT2D eigenvalue weighted by Gasteiger charge is 2.07. The van der Waals surface area contributed by atoms with Gasteiger partial charge in [0.05, 0.1) is 24.0 Å². The van der Waals surface area contributed by atoms with Crippen molar-refractivity contribution in [2.75, 3.05) is 12.4 Å². The van der Waals surface area contributed by atoms with E-state index in [4.69, 9.17) is 4.74 Å². The molecular formula is C16H13FN2O. The van der Waals surface area contributed by atoms with E-state index in [0.717, 1.165) is 16.6 Å². The van der Waals surface area contributed by atoms with Gasteiger partial charge in [0.1, 0.15) is 11.6 Å². The van der Waals surface area contributed by atoms with E-state index in [-0.39, 0.29) is 5.82 Å². The summed E-state index contributed by atoms with van der Waals surface area (Å²) in [5.74, 6) is 0.126. The fourth-order valence-electron chi connectivity index (χ4n) is 2.07. The van der Waals surface area contributed by atoms with Crippen LogP contribution in [-0.2, 0) is 0 Å². The molecule has 0 unspecified atom stereocenters. The van der Waals surface area contributed by atoms with Crippen LogP contribution in [0.2, 0.25) is 0 Å². The molecule has 0 radical (unpaired) electrons. The molecule has 0 fully saturated rings. The molecule has 0 atom stereocenters. The number of fused-ring (bicyclic) bond motifs is 1. The van der Waals surface area contributed by atoms with Crippen molar-refractivity contribution >= 4 is 22.3 Å². The Hall–Kier alpha value is -2.62. The average Bonchev–Trinajstić information content (AvgIpc) is 2.49. The van der Waals surface area contributed by atoms with Crippen molar-refractivity contribution in [1.82, 2.24) is 4.98 Å². The molecule has 0 spiro atoms. The van der Waals surface area contributed by atoms with E-state index in [1.165, 1.54) is 13.2 Å². The Bertz CT molecular complexity index is 753. The molecule has 20 heavy (non-hydrogen) atoms. The predicted molar refractivity (Wildman–Crippen MR) is 78.0 cm³/mol. The molecular weight excluding hydrogens is 255 g/mol. The minimum atomic E-state index is -0.364. The molecule has 0 saturated heterocycles. The van der Waals surface area contributed by atoms with Crippen LogP contribution < -0.4 is 10.1 Å². The Morgan fingerprint density at radius 2 is 1.90 bits per heavy atom. The fourth-order valence-corrected chi connectivity index (χ4v) is 2.07. The maximum absolute atomic E-state index is 14.0. The van der Waals surface area contributed by atoms with Crippen LogP contribution in [0.4, 0.5) is 15.8 Å². The van der Waals surface area contributed by atoms with E-state index in [1.807, 2.05) is 30.3 Å². The van der Waals surface area contributed by atoms with Crippen LogP contribution in [0.1, 0.15) is 0 Å². The van der Waals surface area contributed by atoms with Crippen LogP contribution in [0.25, 0.3) is 10.9 Å². The second-order valence-electron chi connectivity index (χ2n) is 4.35. The summed E-state index contributed by atoms with van der Waals surface area (Å²) < 4.78 is 19.0. The van der Waals surface area contributed by atoms with Crippen molar-refractivity contribution in [3.63, 3.8) is 0 Å². The van der Waals surface area contributed by atoms with Crippen LogP contribution in [0, 0.1) is 5.82 Å². The number of benzene rings is 2. The lowest BCUT2D eigenvalue weighted by molar-refractivity contribution is 0.411. The maximum Gasteiger partial charge on any atom is 0.150 e. The van der Waals surface area contributed by atoms with Gasteiger partial charge >= 0.3 is 0 Å². The molecule has 1 N–H and O–H groups in total. The van der Waals surface area contributed by atoms with Gasteiger partial charge in [-0.25, -0.2) is 4.39 Å². The second-order valence-corrected chi connectivity index (χ2v) is 4.35. The Kier molecular flexibility index (Phi) is 3.21. The van der Waals surface area contributed by atoms with Gasteiger partial charge in [-0.05, 0) is 24.3 Å². The summed E-state index contributed by atoms with van der Waals surface area (Å²) in [5, 5.41) is 4.08. The van der Waals surface area contributed by atoms with Crippen molar-refractivity contribution in [3.05, 3.63) is 60.5 Å². The first-order valence-electron chi connectivity index (χ1n) is 6.22. The first-order valence-corrected chi connectivity index (χ1v) is 6.22. The van der Waals surface area contributed by atoms with Crippen molar-refractivity contribution in [3.8, 4) is 5.75 Å². The lowest BCUT2D eigenvalue weighted by Gasteiger charge is -2.10. The number of anilines is 2. The zero-order valence-corrected chi connectivity index (χ0v) is 10.9. The third-order valence-electron chi connectivity index (χ3n) is 3.08. The van der Waals surface area contributed by atoms with E-state index in [2.05, 4.69) is 10.3 Å². The molecule has 0 aliphatic heterocycles. The van der Waals surface area contributed by atoms with E-state index in [9.17, 15) is 4.39 Å². The number of para-hydroxylation sites is 1. The number of hydrogen-bond donors (Lipinski definition) is 1. The van der Waals surface area contributed by atoms with E-state index in [1.54, 1.807) is 18.3 Å². The summed E-state index contributed by atoms with van der Waals surface area (Å²) >= 11 is 0. The van der Waals surface area contributed by atoms with Gasteiger partial charge < -0.3 is 10.1 Å². The van der Waals surface area contributed by atoms with Crippen LogP contribution in [0.3, 0.4) is 0 Å². The van der Waals surface area contributed by atoms with Gasteiger partial charge in [-0.2, -0.15) is 0 Å². The average molecular weight is 268 g/mol. The molecule has 3 aromatic rings. The molecule has 1 heterocycles. The third-order valence-corrected chi connectivity index (χ3v) is 3.08. The highest BCUT2D eigenvalue weighted by Crippen LogP contribution is 2.27. The van der Waals surface area contributed by atoms with Crippen LogP contribution in [0.15, 0.2) is 54.7 Å². The SMILES string of the molecule is COc1ccc(Nc2cccc3cccnc23)c(F)c1. The summed E-state index contributed by atoms with van der Waals surface area (Å²) in [6.07, 6.45) is 1.72. The predicted octanol–water partition coefficient (Wildman–Crippen LogP) is 4.13. The minimum absolute atomic E-state index is 0.364. The molecule has 4 heteroatoms. The van der Waals surface area contributed by atoms with Crippen molar-refractivity contribution in [2.45, 2.75) is 0 Å². The van der Waals surface area contributed by atoms with Crippen molar-refractivity contribution in [1.29, 1.82) is 0 Å². The van der Waals surface area contributed by atoms with Crippen LogP contribution >= 0.6 is 0 Å². The number of aromatic nitrogens is 1. The molecule has 0 aliphatic carbocycles. The normalized spacial score (nSPS) is 10.5. The number of ether oxygens (including phenoxy) is 1. The van der Waals surface area contributed by atoms with Gasteiger partial charge in [0.25, 0.3) is 0 Å². The smallest absolute Gasteiger partial charge is 0.150 e. The van der Waals surface area contributed by atoms with Crippen molar-refractivity contribution in [2.24, 2.45) is 0 Å². The summed E-state index contributed by atoms with van der Waals surface area (Å²) in [7, 11) is 1.51. The number of nitrogens with one attached hydrogen (secondary N) is 1. The lowest BCUT2D eigenvalue weighted by atomic mass is 10.2. The first-order chi connectivity index (χ1) is 9.78. The topological polar surface area (TPSA) is 34.1 Å². The maximum atomic E-state index is 14.0. The first kappa shape index (κ1) is 12.4. The van der Waals surface area contributed by atoms with E-state index >= 15 is 0 Å². The Morgan fingerprint density at radius 3 is 2.70 bits per heavy atom. The fraction of sp³-hybridized carbons (Fsp3) is 0.0625. The molecule has 2 aromatic carbocycles. The number of methoxy groups -OCH3 is 1. The van der Waals surface area contributed by atoms with Gasteiger partial charge in [0, 0.05) is 17.6 Å². The number of nitrogens with zero attached hydrogens (tertiary/aromatic N) is 1. The number of halogens is 1. The van der Waals surface area contributed by atoms with E-state index < -0.39 is 0 Å². The van der Waals surface area contributed by atoms with E-state index in [0.29, 0.717) is 11.4 Å². The lowest BCUT2D eigenvalue weighted by Crippen LogP contribution is -1.96. The quantitative estimate of drug-likeness (QED) is 0.775. The molecule has 0 aliphatic rings. The van der Waals surface area contributed by atoms with Gasteiger partial charge in [-0.3, -0.25) is 4.98 Å². The molecule has 1 aromatic heterocycles. The Morgan fingerprint density at radius 1 is 1.05 bits per heavy atom. The zero-order valence-electron chi connectivity index (χ0n) is 10.9. The zero-order chi connectivity index (χ0) is 13.9. The van der Waals surface area contributed by atoms with Gasteiger partial charge in [-0.1, -0.05) is 18.2 Å². The standard InChI is InChI=1S/C16H13FN2O/c1-20-12-7-8-14(13(17)10-12)19-15-6-2-4-11-5-3-9-18-16(11)15/h2-10,19H,1H3. The number of hydrogen-bond acceptors (Lipinski definition) is 3. The highest BCUT2D eigenvalue weighted by molar-refractivity contribution is 5.91. The Labute approximate surface area is 116 Å². The molecule has 0 saturated carbocycles. The van der Waals surface area contributed by atoms with Gasteiger partial charge in [0.2, 0.25) is 0 Å². The van der Waals surface area contributed by atoms with Gasteiger partial charge in [0.15, 0.2) is 0 Å². The van der Waals surface area contributed by atoms with Crippen LogP contribution in [0.5, 0.6) is 5.75 Å². The molecule has 3 nitrogen and oxygen atoms in total. The van der Waals surface area contributed by atoms with Crippen LogP contribution in [-0.4, -0.2) is 12.1 Å². The molecule has 0 amide bonds. The minimum Gasteiger partial charge on any atom is -0.497 e. The summed E-state index contributed by atoms with van der Waals surface area (Å²) in [5.41, 5.74) is 1.97. The largest absolute Gasteiger partial charge is 0.497 e. The summed E-state index contributed by atoms with van der Waals surface area (Å²) in [6, 6.07) is 14.3.